The van der Waals surface area contributed by atoms with E-state index in [1.165, 1.54) is 45.1 Å². The molecule has 3 unspecified atom stereocenters. The Bertz CT molecular complexity index is 136. The Hall–Kier alpha value is 0.390. The zero-order valence-corrected chi connectivity index (χ0v) is 8.28. The van der Waals surface area contributed by atoms with Gasteiger partial charge in [0.1, 0.15) is 0 Å². The van der Waals surface area contributed by atoms with Crippen LogP contribution in [-0.4, -0.2) is 17.3 Å². The van der Waals surface area contributed by atoms with E-state index in [4.69, 9.17) is 0 Å². The fourth-order valence-corrected chi connectivity index (χ4v) is 3.24. The van der Waals surface area contributed by atoms with Gasteiger partial charge >= 0.3 is 0 Å². The molecule has 3 atom stereocenters. The van der Waals surface area contributed by atoms with Crippen molar-refractivity contribution in [3.8, 4) is 0 Å². The van der Waals surface area contributed by atoms with Crippen LogP contribution in [0.3, 0.4) is 0 Å². The molecule has 0 aromatic heterocycles. The summed E-state index contributed by atoms with van der Waals surface area (Å²) in [5.41, 5.74) is 0. The molecule has 2 fully saturated rings. The van der Waals surface area contributed by atoms with Gasteiger partial charge in [0, 0.05) is 12.6 Å². The minimum absolute atomic E-state index is 0.919. The number of rotatable bonds is 0. The van der Waals surface area contributed by atoms with Gasteiger partial charge in [0.05, 0.1) is 0 Å². The van der Waals surface area contributed by atoms with Crippen molar-refractivity contribution >= 4 is 9.39 Å². The van der Waals surface area contributed by atoms with Gasteiger partial charge in [0.2, 0.25) is 0 Å². The molecule has 0 spiro atoms. The van der Waals surface area contributed by atoms with Crippen LogP contribution >= 0.6 is 9.39 Å². The highest BCUT2D eigenvalue weighted by Crippen LogP contribution is 2.36. The van der Waals surface area contributed by atoms with E-state index in [1.807, 2.05) is 0 Å². The Morgan fingerprint density at radius 2 is 1.73 bits per heavy atom. The van der Waals surface area contributed by atoms with Crippen molar-refractivity contribution in [3.63, 3.8) is 0 Å². The van der Waals surface area contributed by atoms with Crippen LogP contribution in [0, 0.1) is 5.92 Å². The van der Waals surface area contributed by atoms with Gasteiger partial charge in [-0.05, 0) is 31.6 Å². The molecule has 64 valence electrons. The van der Waals surface area contributed by atoms with Gasteiger partial charge in [-0.3, -0.25) is 4.67 Å². The summed E-state index contributed by atoms with van der Waals surface area (Å²) in [6.07, 6.45) is 8.82. The summed E-state index contributed by atoms with van der Waals surface area (Å²) in [6, 6.07) is 0.919. The minimum atomic E-state index is 0.919. The van der Waals surface area contributed by atoms with E-state index in [9.17, 15) is 0 Å². The maximum Gasteiger partial charge on any atom is 0.0157 e. The van der Waals surface area contributed by atoms with Crippen molar-refractivity contribution in [2.75, 3.05) is 6.54 Å². The Morgan fingerprint density at radius 3 is 2.55 bits per heavy atom. The van der Waals surface area contributed by atoms with Gasteiger partial charge in [-0.15, -0.1) is 0 Å². The van der Waals surface area contributed by atoms with E-state index in [2.05, 4.69) is 14.1 Å². The molecular formula is C9H18NP. The summed E-state index contributed by atoms with van der Waals surface area (Å²) in [6.45, 7) is 1.31. The molecule has 0 bridgehead atoms. The second kappa shape index (κ2) is 3.41. The maximum atomic E-state index is 2.91. The average Bonchev–Trinajstić information content (AvgIpc) is 2.06. The van der Waals surface area contributed by atoms with Gasteiger partial charge in [-0.25, -0.2) is 0 Å². The van der Waals surface area contributed by atoms with Crippen molar-refractivity contribution < 1.29 is 0 Å². The molecule has 2 aliphatic rings. The third-order valence-electron chi connectivity index (χ3n) is 3.29. The first-order valence-corrected chi connectivity index (χ1v) is 5.41. The summed E-state index contributed by atoms with van der Waals surface area (Å²) in [4.78, 5) is 0. The molecule has 0 aromatic carbocycles. The predicted molar refractivity (Wildman–Crippen MR) is 51.4 cm³/mol. The molecule has 0 amide bonds. The second-order valence-corrected chi connectivity index (χ2v) is 4.66. The van der Waals surface area contributed by atoms with Gasteiger partial charge < -0.3 is 0 Å². The number of nitrogens with zero attached hydrogens (tertiary/aromatic N) is 1. The van der Waals surface area contributed by atoms with Crippen LogP contribution < -0.4 is 0 Å². The Morgan fingerprint density at radius 1 is 1.00 bits per heavy atom. The van der Waals surface area contributed by atoms with E-state index in [0.29, 0.717) is 0 Å². The van der Waals surface area contributed by atoms with E-state index in [0.717, 1.165) is 12.0 Å². The Labute approximate surface area is 71.8 Å². The SMILES string of the molecule is PN1CCCC2CCCCC21. The highest BCUT2D eigenvalue weighted by Gasteiger charge is 2.30. The number of hydrogen-bond donors (Lipinski definition) is 0. The first-order valence-electron chi connectivity index (χ1n) is 4.89. The van der Waals surface area contributed by atoms with Crippen LogP contribution in [0.15, 0.2) is 0 Å². The van der Waals surface area contributed by atoms with Crippen LogP contribution in [0.25, 0.3) is 0 Å². The molecule has 1 saturated carbocycles. The summed E-state index contributed by atoms with van der Waals surface area (Å²) < 4.78 is 2.51. The molecule has 1 nitrogen and oxygen atoms in total. The number of hydrogen-bond acceptors (Lipinski definition) is 1. The summed E-state index contributed by atoms with van der Waals surface area (Å²) in [5, 5.41) is 0. The first-order chi connectivity index (χ1) is 5.38. The van der Waals surface area contributed by atoms with Crippen LogP contribution in [0.1, 0.15) is 38.5 Å². The first kappa shape index (κ1) is 8.01. The van der Waals surface area contributed by atoms with Gasteiger partial charge in [-0.2, -0.15) is 0 Å². The molecule has 0 N–H and O–H groups in total. The highest BCUT2D eigenvalue weighted by atomic mass is 31.0. The van der Waals surface area contributed by atoms with E-state index < -0.39 is 0 Å². The van der Waals surface area contributed by atoms with Crippen molar-refractivity contribution in [2.45, 2.75) is 44.6 Å². The lowest BCUT2D eigenvalue weighted by Gasteiger charge is -2.41. The Kier molecular flexibility index (Phi) is 2.48. The van der Waals surface area contributed by atoms with E-state index in [1.54, 1.807) is 0 Å². The normalized spacial score (nSPS) is 40.1. The van der Waals surface area contributed by atoms with Crippen LogP contribution in [-0.2, 0) is 0 Å². The quantitative estimate of drug-likeness (QED) is 0.506. The fraction of sp³-hybridized carbons (Fsp3) is 1.00. The maximum absolute atomic E-state index is 2.91. The molecule has 1 heterocycles. The lowest BCUT2D eigenvalue weighted by atomic mass is 9.79. The standard InChI is InChI=1S/C9H18NP/c11-10-7-3-5-8-4-1-2-6-9(8)10/h8-9H,1-7,11H2. The Balaban J connectivity index is 1.99. The molecule has 2 rings (SSSR count). The largest absolute Gasteiger partial charge is 0.284 e. The molecule has 1 aliphatic carbocycles. The van der Waals surface area contributed by atoms with Crippen molar-refractivity contribution in [1.82, 2.24) is 4.67 Å². The van der Waals surface area contributed by atoms with Crippen LogP contribution in [0.5, 0.6) is 0 Å². The molecular weight excluding hydrogens is 153 g/mol. The summed E-state index contributed by atoms with van der Waals surface area (Å²) in [5.74, 6) is 1.04. The lowest BCUT2D eigenvalue weighted by Crippen LogP contribution is -2.40. The van der Waals surface area contributed by atoms with Crippen molar-refractivity contribution in [1.29, 1.82) is 0 Å². The van der Waals surface area contributed by atoms with Gasteiger partial charge in [0.25, 0.3) is 0 Å². The molecule has 0 aromatic rings. The topological polar surface area (TPSA) is 3.24 Å². The third-order valence-corrected chi connectivity index (χ3v) is 3.93. The highest BCUT2D eigenvalue weighted by molar-refractivity contribution is 7.13. The summed E-state index contributed by atoms with van der Waals surface area (Å²) >= 11 is 0. The molecule has 0 radical (unpaired) electrons. The van der Waals surface area contributed by atoms with Crippen LogP contribution in [0.4, 0.5) is 0 Å². The van der Waals surface area contributed by atoms with Crippen molar-refractivity contribution in [2.24, 2.45) is 5.92 Å². The predicted octanol–water partition coefficient (Wildman–Crippen LogP) is 2.43. The minimum Gasteiger partial charge on any atom is -0.284 e. The molecule has 1 aliphatic heterocycles. The number of piperidine rings is 1. The van der Waals surface area contributed by atoms with E-state index in [-0.39, 0.29) is 0 Å². The lowest BCUT2D eigenvalue weighted by molar-refractivity contribution is 0.138. The molecule has 11 heavy (non-hydrogen) atoms. The van der Waals surface area contributed by atoms with Crippen LogP contribution in [0.2, 0.25) is 0 Å². The molecule has 2 heteroatoms. The van der Waals surface area contributed by atoms with Gasteiger partial charge in [-0.1, -0.05) is 22.2 Å². The smallest absolute Gasteiger partial charge is 0.0157 e. The fourth-order valence-electron chi connectivity index (χ4n) is 2.66. The summed E-state index contributed by atoms with van der Waals surface area (Å²) in [7, 11) is 2.91. The average molecular weight is 171 g/mol. The van der Waals surface area contributed by atoms with E-state index >= 15 is 0 Å². The number of fused-ring (bicyclic) bond motifs is 1. The van der Waals surface area contributed by atoms with Crippen molar-refractivity contribution in [3.05, 3.63) is 0 Å². The second-order valence-electron chi connectivity index (χ2n) is 3.99. The zero-order chi connectivity index (χ0) is 7.68. The monoisotopic (exact) mass is 171 g/mol. The van der Waals surface area contributed by atoms with Gasteiger partial charge in [0.15, 0.2) is 0 Å². The third kappa shape index (κ3) is 1.60. The molecule has 1 saturated heterocycles. The zero-order valence-electron chi connectivity index (χ0n) is 7.13.